The van der Waals surface area contributed by atoms with Gasteiger partial charge in [-0.3, -0.25) is 20.2 Å². The second-order valence-corrected chi connectivity index (χ2v) is 6.99. The lowest BCUT2D eigenvalue weighted by Crippen LogP contribution is -2.46. The van der Waals surface area contributed by atoms with Crippen molar-refractivity contribution in [3.05, 3.63) is 62.9 Å². The van der Waals surface area contributed by atoms with Crippen molar-refractivity contribution in [1.82, 2.24) is 10.3 Å². The number of rotatable bonds is 4. The number of nitro groups is 1. The molecule has 30 heavy (non-hydrogen) atoms. The van der Waals surface area contributed by atoms with Crippen molar-refractivity contribution in [1.29, 1.82) is 5.26 Å². The fraction of sp³-hybridized carbons (Fsp3) is 0.278. The number of carbonyl (C=O) groups is 1. The summed E-state index contributed by atoms with van der Waals surface area (Å²) in [5.41, 5.74) is 0.0683. The predicted octanol–water partition coefficient (Wildman–Crippen LogP) is 3.53. The van der Waals surface area contributed by atoms with Gasteiger partial charge in [-0.25, -0.2) is 4.98 Å². The van der Waals surface area contributed by atoms with Crippen molar-refractivity contribution >= 4 is 28.9 Å². The number of carbonyl (C=O) groups excluding carboxylic acids is 1. The highest BCUT2D eigenvalue weighted by atomic mass is 35.5. The van der Waals surface area contributed by atoms with E-state index in [1.807, 2.05) is 6.07 Å². The van der Waals surface area contributed by atoms with E-state index in [1.54, 1.807) is 0 Å². The first kappa shape index (κ1) is 21.5. The van der Waals surface area contributed by atoms with Crippen LogP contribution in [0.5, 0.6) is 0 Å². The molecule has 1 aliphatic heterocycles. The van der Waals surface area contributed by atoms with E-state index in [4.69, 9.17) is 16.9 Å². The summed E-state index contributed by atoms with van der Waals surface area (Å²) >= 11 is 5.84. The van der Waals surface area contributed by atoms with Crippen molar-refractivity contribution in [3.8, 4) is 6.07 Å². The SMILES string of the molecule is N#Cc1ccc(NC(=O)[C@@H]2CC(c3ccc([N+](=O)[O-])c(Cl)c3)[C@H](C(F)(F)F)N2)cn1. The van der Waals surface area contributed by atoms with Crippen LogP contribution in [0.1, 0.15) is 23.6 Å². The number of amides is 1. The topological polar surface area (TPSA) is 121 Å². The number of nitro benzene ring substituents is 1. The molecule has 3 atom stereocenters. The number of pyridine rings is 1. The molecule has 12 heteroatoms. The average molecular weight is 440 g/mol. The lowest BCUT2D eigenvalue weighted by Gasteiger charge is -2.22. The number of halogens is 4. The molecule has 1 aliphatic rings. The number of benzene rings is 1. The molecule has 1 unspecified atom stereocenters. The molecule has 1 aromatic carbocycles. The molecular formula is C18H13ClF3N5O3. The molecule has 156 valence electrons. The van der Waals surface area contributed by atoms with E-state index in [1.165, 1.54) is 24.4 Å². The van der Waals surface area contributed by atoms with Crippen molar-refractivity contribution in [3.63, 3.8) is 0 Å². The van der Waals surface area contributed by atoms with E-state index in [9.17, 15) is 28.1 Å². The van der Waals surface area contributed by atoms with E-state index in [0.29, 0.717) is 0 Å². The van der Waals surface area contributed by atoms with Gasteiger partial charge in [0.2, 0.25) is 5.91 Å². The lowest BCUT2D eigenvalue weighted by atomic mass is 9.90. The zero-order valence-corrected chi connectivity index (χ0v) is 15.7. The maximum absolute atomic E-state index is 13.6. The highest BCUT2D eigenvalue weighted by Crippen LogP contribution is 2.41. The van der Waals surface area contributed by atoms with Crippen LogP contribution in [-0.4, -0.2) is 34.1 Å². The van der Waals surface area contributed by atoms with Crippen LogP contribution in [0.25, 0.3) is 0 Å². The molecule has 2 heterocycles. The summed E-state index contributed by atoms with van der Waals surface area (Å²) in [5.74, 6) is -1.87. The minimum absolute atomic E-state index is 0.124. The van der Waals surface area contributed by atoms with Crippen LogP contribution in [0.4, 0.5) is 24.5 Å². The van der Waals surface area contributed by atoms with E-state index < -0.39 is 40.7 Å². The van der Waals surface area contributed by atoms with Gasteiger partial charge < -0.3 is 5.32 Å². The molecule has 1 amide bonds. The molecule has 0 spiro atoms. The highest BCUT2D eigenvalue weighted by molar-refractivity contribution is 6.32. The minimum atomic E-state index is -4.66. The largest absolute Gasteiger partial charge is 0.404 e. The van der Waals surface area contributed by atoms with Crippen molar-refractivity contribution < 1.29 is 22.9 Å². The molecule has 0 aliphatic carbocycles. The summed E-state index contributed by atoms with van der Waals surface area (Å²) in [7, 11) is 0. The molecule has 8 nitrogen and oxygen atoms in total. The molecule has 1 fully saturated rings. The number of nitrogens with zero attached hydrogens (tertiary/aromatic N) is 3. The van der Waals surface area contributed by atoms with Gasteiger partial charge in [0.15, 0.2) is 0 Å². The fourth-order valence-electron chi connectivity index (χ4n) is 3.29. The second kappa shape index (κ2) is 8.25. The van der Waals surface area contributed by atoms with Crippen LogP contribution in [0.3, 0.4) is 0 Å². The van der Waals surface area contributed by atoms with Gasteiger partial charge in [-0.1, -0.05) is 17.7 Å². The monoisotopic (exact) mass is 439 g/mol. The number of nitriles is 1. The van der Waals surface area contributed by atoms with Gasteiger partial charge in [0, 0.05) is 12.0 Å². The third-order valence-corrected chi connectivity index (χ3v) is 4.99. The quantitative estimate of drug-likeness (QED) is 0.555. The second-order valence-electron chi connectivity index (χ2n) is 6.58. The zero-order chi connectivity index (χ0) is 22.1. The van der Waals surface area contributed by atoms with Crippen LogP contribution in [0, 0.1) is 21.4 Å². The lowest BCUT2D eigenvalue weighted by molar-refractivity contribution is -0.384. The Morgan fingerprint density at radius 2 is 2.10 bits per heavy atom. The van der Waals surface area contributed by atoms with Gasteiger partial charge in [-0.2, -0.15) is 18.4 Å². The van der Waals surface area contributed by atoms with Gasteiger partial charge >= 0.3 is 6.18 Å². The Kier molecular flexibility index (Phi) is 5.91. The molecule has 0 bridgehead atoms. The number of alkyl halides is 3. The summed E-state index contributed by atoms with van der Waals surface area (Å²) in [5, 5.41) is 24.1. The molecular weight excluding hydrogens is 427 g/mol. The third kappa shape index (κ3) is 4.50. The normalized spacial score (nSPS) is 21.1. The van der Waals surface area contributed by atoms with Crippen LogP contribution in [0.2, 0.25) is 5.02 Å². The number of hydrogen-bond acceptors (Lipinski definition) is 6. The standard InChI is InChI=1S/C18H13ClF3N5O3/c19-13-5-9(1-4-15(13)27(29)30)12-6-14(26-16(12)18(20,21)22)17(28)25-11-3-2-10(7-23)24-8-11/h1-5,8,12,14,16,26H,6H2,(H,25,28)/t12?,14-,16+/m0/s1. The van der Waals surface area contributed by atoms with Crippen LogP contribution in [0.15, 0.2) is 36.5 Å². The summed E-state index contributed by atoms with van der Waals surface area (Å²) in [6.07, 6.45) is -3.64. The van der Waals surface area contributed by atoms with Gasteiger partial charge in [0.25, 0.3) is 5.69 Å². The minimum Gasteiger partial charge on any atom is -0.323 e. The Hall–Kier alpha value is -3.23. The van der Waals surface area contributed by atoms with E-state index in [-0.39, 0.29) is 28.4 Å². The summed E-state index contributed by atoms with van der Waals surface area (Å²) in [4.78, 5) is 26.4. The predicted molar refractivity (Wildman–Crippen MR) is 99.8 cm³/mol. The van der Waals surface area contributed by atoms with Gasteiger partial charge in [0.05, 0.1) is 22.8 Å². The third-order valence-electron chi connectivity index (χ3n) is 4.68. The molecule has 0 saturated carbocycles. The molecule has 2 N–H and O–H groups in total. The molecule has 1 aromatic heterocycles. The Labute approximate surface area is 172 Å². The maximum Gasteiger partial charge on any atom is 0.404 e. The van der Waals surface area contributed by atoms with E-state index in [0.717, 1.165) is 12.1 Å². The highest BCUT2D eigenvalue weighted by Gasteiger charge is 2.52. The van der Waals surface area contributed by atoms with Gasteiger partial charge in [-0.15, -0.1) is 0 Å². The Morgan fingerprint density at radius 3 is 2.63 bits per heavy atom. The summed E-state index contributed by atoms with van der Waals surface area (Å²) < 4.78 is 40.7. The molecule has 1 saturated heterocycles. The Balaban J connectivity index is 1.82. The van der Waals surface area contributed by atoms with Crippen LogP contribution in [-0.2, 0) is 4.79 Å². The fourth-order valence-corrected chi connectivity index (χ4v) is 3.55. The number of aromatic nitrogens is 1. The zero-order valence-electron chi connectivity index (χ0n) is 15.0. The molecule has 2 aromatic rings. The molecule has 3 rings (SSSR count). The number of nitrogens with one attached hydrogen (secondary N) is 2. The Morgan fingerprint density at radius 1 is 1.37 bits per heavy atom. The van der Waals surface area contributed by atoms with Crippen molar-refractivity contribution in [2.75, 3.05) is 5.32 Å². The Bertz CT molecular complexity index is 1020. The van der Waals surface area contributed by atoms with Crippen LogP contribution >= 0.6 is 11.6 Å². The number of anilines is 1. The average Bonchev–Trinajstić information content (AvgIpc) is 3.14. The maximum atomic E-state index is 13.6. The van der Waals surface area contributed by atoms with Gasteiger partial charge in [0.1, 0.15) is 22.8 Å². The first-order chi connectivity index (χ1) is 14.1. The smallest absolute Gasteiger partial charge is 0.323 e. The summed E-state index contributed by atoms with van der Waals surface area (Å²) in [6, 6.07) is 4.74. The van der Waals surface area contributed by atoms with Crippen LogP contribution < -0.4 is 10.6 Å². The molecule has 0 radical (unpaired) electrons. The van der Waals surface area contributed by atoms with Crippen molar-refractivity contribution in [2.24, 2.45) is 0 Å². The van der Waals surface area contributed by atoms with E-state index in [2.05, 4.69) is 15.6 Å². The first-order valence-corrected chi connectivity index (χ1v) is 8.91. The first-order valence-electron chi connectivity index (χ1n) is 8.53. The summed E-state index contributed by atoms with van der Waals surface area (Å²) in [6.45, 7) is 0. The van der Waals surface area contributed by atoms with E-state index >= 15 is 0 Å². The van der Waals surface area contributed by atoms with Gasteiger partial charge in [-0.05, 0) is 30.2 Å². The number of hydrogen-bond donors (Lipinski definition) is 2. The van der Waals surface area contributed by atoms with Crippen molar-refractivity contribution in [2.45, 2.75) is 30.6 Å².